The lowest BCUT2D eigenvalue weighted by Gasteiger charge is -2.04. The van der Waals surface area contributed by atoms with Crippen LogP contribution in [-0.4, -0.2) is 0 Å². The molecule has 0 nitrogen and oxygen atoms in total. The van der Waals surface area contributed by atoms with E-state index in [1.54, 1.807) is 21.6 Å². The summed E-state index contributed by atoms with van der Waals surface area (Å²) < 4.78 is 0. The van der Waals surface area contributed by atoms with Gasteiger partial charge in [-0.25, -0.2) is 0 Å². The normalized spacial score (nSPS) is 11.9. The lowest BCUT2D eigenvalue weighted by Crippen LogP contribution is -1.87. The maximum atomic E-state index is 2.57. The first-order valence-corrected chi connectivity index (χ1v) is 26.3. The fourth-order valence-corrected chi connectivity index (χ4v) is 12.7. The van der Waals surface area contributed by atoms with Gasteiger partial charge in [-0.05, 0) is 118 Å². The molecule has 0 amide bonds. The van der Waals surface area contributed by atoms with Crippen LogP contribution in [0.3, 0.4) is 0 Å². The Morgan fingerprint density at radius 3 is 1.16 bits per heavy atom. The second kappa shape index (κ2) is 27.3. The van der Waals surface area contributed by atoms with Gasteiger partial charge in [0.25, 0.3) is 0 Å². The van der Waals surface area contributed by atoms with Crippen molar-refractivity contribution in [2.75, 3.05) is 0 Å². The fraction of sp³-hybridized carbons (Fsp3) is 0.647. The van der Waals surface area contributed by atoms with Crippen LogP contribution in [0.25, 0.3) is 31.7 Å². The van der Waals surface area contributed by atoms with Crippen molar-refractivity contribution in [1.29, 1.82) is 0 Å². The Labute approximate surface area is 355 Å². The summed E-state index contributed by atoms with van der Waals surface area (Å²) in [7, 11) is 0. The van der Waals surface area contributed by atoms with Gasteiger partial charge in [0, 0.05) is 39.0 Å². The summed E-state index contributed by atoms with van der Waals surface area (Å²) >= 11 is 8.09. The van der Waals surface area contributed by atoms with Crippen LogP contribution in [0.2, 0.25) is 0 Å². The zero-order chi connectivity index (χ0) is 39.1. The lowest BCUT2D eigenvalue weighted by atomic mass is 10.0. The van der Waals surface area contributed by atoms with Gasteiger partial charge >= 0.3 is 0 Å². The minimum absolute atomic E-state index is 1.19. The van der Waals surface area contributed by atoms with Crippen molar-refractivity contribution in [3.8, 4) is 19.5 Å². The van der Waals surface area contributed by atoms with Crippen molar-refractivity contribution in [2.24, 2.45) is 0 Å². The van der Waals surface area contributed by atoms with Gasteiger partial charge in [-0.15, -0.1) is 45.3 Å². The Morgan fingerprint density at radius 2 is 0.709 bits per heavy atom. The molecular weight excluding hydrogens is 741 g/mol. The van der Waals surface area contributed by atoms with Crippen LogP contribution < -0.4 is 0 Å². The van der Waals surface area contributed by atoms with Gasteiger partial charge in [0.2, 0.25) is 0 Å². The first kappa shape index (κ1) is 46.2. The molecule has 4 aromatic heterocycles. The monoisotopic (exact) mass is 818 g/mol. The predicted octanol–water partition coefficient (Wildman–Crippen LogP) is 19.4. The van der Waals surface area contributed by atoms with Crippen molar-refractivity contribution in [1.82, 2.24) is 0 Å². The van der Waals surface area contributed by atoms with Crippen molar-refractivity contribution in [2.45, 2.75) is 215 Å². The first-order chi connectivity index (χ1) is 26.9. The molecule has 0 unspecified atom stereocenters. The molecule has 0 atom stereocenters. The molecule has 0 saturated heterocycles. The van der Waals surface area contributed by atoms with E-state index in [9.17, 15) is 0 Å². The molecule has 4 aromatic rings. The summed E-state index contributed by atoms with van der Waals surface area (Å²) in [6, 6.07) is 10.0. The van der Waals surface area contributed by atoms with Crippen LogP contribution in [0, 0.1) is 20.8 Å². The number of aryl methyl sites for hydroxylation is 6. The average Bonchev–Trinajstić information content (AvgIpc) is 3.95. The molecule has 0 aromatic carbocycles. The maximum Gasteiger partial charge on any atom is 0.0477 e. The van der Waals surface area contributed by atoms with E-state index in [0.29, 0.717) is 0 Å². The van der Waals surface area contributed by atoms with Gasteiger partial charge in [-0.2, -0.15) is 0 Å². The smallest absolute Gasteiger partial charge is 0.0477 e. The Balaban J connectivity index is 1.38. The van der Waals surface area contributed by atoms with E-state index < -0.39 is 0 Å². The topological polar surface area (TPSA) is 0 Å². The van der Waals surface area contributed by atoms with Crippen LogP contribution in [0.1, 0.15) is 217 Å². The fourth-order valence-electron chi connectivity index (χ4n) is 8.09. The molecule has 306 valence electrons. The lowest BCUT2D eigenvalue weighted by molar-refractivity contribution is 0.556. The Kier molecular flexibility index (Phi) is 22.9. The molecule has 0 aliphatic carbocycles. The first-order valence-electron chi connectivity index (χ1n) is 23.0. The minimum atomic E-state index is 1.19. The molecule has 0 radical (unpaired) electrons. The second-order valence-electron chi connectivity index (χ2n) is 16.6. The van der Waals surface area contributed by atoms with Gasteiger partial charge in [0.15, 0.2) is 0 Å². The van der Waals surface area contributed by atoms with Gasteiger partial charge in [-0.3, -0.25) is 0 Å². The summed E-state index contributed by atoms with van der Waals surface area (Å²) in [4.78, 5) is 11.9. The molecule has 0 fully saturated rings. The number of hydrogen-bond acceptors (Lipinski definition) is 4. The van der Waals surface area contributed by atoms with E-state index in [0.717, 1.165) is 0 Å². The summed E-state index contributed by atoms with van der Waals surface area (Å²) in [5.41, 5.74) is 6.15. The maximum absolute atomic E-state index is 2.57. The number of hydrogen-bond donors (Lipinski definition) is 0. The van der Waals surface area contributed by atoms with Gasteiger partial charge in [0.1, 0.15) is 0 Å². The Hall–Kier alpha value is -1.46. The molecule has 0 aliphatic heterocycles. The van der Waals surface area contributed by atoms with E-state index in [1.165, 1.54) is 213 Å². The van der Waals surface area contributed by atoms with E-state index in [2.05, 4.69) is 78.0 Å². The quantitative estimate of drug-likeness (QED) is 0.0444. The number of unbranched alkanes of at least 4 members (excludes halogenated alkanes) is 21. The van der Waals surface area contributed by atoms with Gasteiger partial charge < -0.3 is 0 Å². The van der Waals surface area contributed by atoms with Gasteiger partial charge in [-0.1, -0.05) is 156 Å². The molecule has 0 saturated carbocycles. The summed E-state index contributed by atoms with van der Waals surface area (Å²) in [6.07, 6.45) is 41.8. The molecule has 55 heavy (non-hydrogen) atoms. The summed E-state index contributed by atoms with van der Waals surface area (Å²) in [5.74, 6) is 0. The Bertz CT molecular complexity index is 1620. The average molecular weight is 819 g/mol. The molecular formula is C51H78S4. The SMILES string of the molecule is CCCCCCCCCCCCc1cc(C)sc1-c1cc(C)c(/C=C/c2sc(-c3sc(C)cc3CCCCCCCCCCCC)cc2CCCCCC)s1. The highest BCUT2D eigenvalue weighted by Gasteiger charge is 2.17. The van der Waals surface area contributed by atoms with Crippen molar-refractivity contribution >= 4 is 57.5 Å². The molecule has 0 N–H and O–H groups in total. The minimum Gasteiger partial charge on any atom is -0.139 e. The zero-order valence-electron chi connectivity index (χ0n) is 36.2. The highest BCUT2D eigenvalue weighted by Crippen LogP contribution is 2.42. The summed E-state index contributed by atoms with van der Waals surface area (Å²) in [5, 5.41) is 0. The third-order valence-corrected chi connectivity index (χ3v) is 16.3. The van der Waals surface area contributed by atoms with Crippen molar-refractivity contribution in [3.63, 3.8) is 0 Å². The molecule has 4 heteroatoms. The van der Waals surface area contributed by atoms with Crippen LogP contribution in [-0.2, 0) is 19.3 Å². The zero-order valence-corrected chi connectivity index (χ0v) is 39.5. The molecule has 4 heterocycles. The van der Waals surface area contributed by atoms with Crippen LogP contribution in [0.4, 0.5) is 0 Å². The predicted molar refractivity (Wildman–Crippen MR) is 257 cm³/mol. The highest BCUT2D eigenvalue weighted by molar-refractivity contribution is 7.23. The molecule has 4 rings (SSSR count). The van der Waals surface area contributed by atoms with E-state index in [1.807, 2.05) is 45.3 Å². The van der Waals surface area contributed by atoms with Crippen LogP contribution in [0.5, 0.6) is 0 Å². The van der Waals surface area contributed by atoms with Gasteiger partial charge in [0.05, 0.1) is 0 Å². The number of thiophene rings is 4. The third-order valence-electron chi connectivity index (χ3n) is 11.4. The van der Waals surface area contributed by atoms with E-state index >= 15 is 0 Å². The van der Waals surface area contributed by atoms with Crippen molar-refractivity contribution < 1.29 is 0 Å². The van der Waals surface area contributed by atoms with E-state index in [4.69, 9.17) is 0 Å². The largest absolute Gasteiger partial charge is 0.139 e. The Morgan fingerprint density at radius 1 is 0.364 bits per heavy atom. The standard InChI is InChI=1S/C51H78S4/c1-7-10-13-16-18-20-22-24-26-29-32-44-37-41(5)52-50(44)48-36-40(4)46(54-48)34-35-47-43(31-28-15-12-9-3)39-49(55-47)51-45(38-42(6)53-51)33-30-27-25-23-21-19-17-14-11-8-2/h34-39H,7-33H2,1-6H3/b35-34+. The van der Waals surface area contributed by atoms with Crippen LogP contribution in [0.15, 0.2) is 24.3 Å². The molecule has 0 bridgehead atoms. The third kappa shape index (κ3) is 16.7. The van der Waals surface area contributed by atoms with E-state index in [-0.39, 0.29) is 0 Å². The summed E-state index contributed by atoms with van der Waals surface area (Å²) in [6.45, 7) is 13.9. The molecule has 0 spiro atoms. The van der Waals surface area contributed by atoms with Crippen LogP contribution >= 0.6 is 45.3 Å². The number of rotatable bonds is 31. The second-order valence-corrected chi connectivity index (χ2v) is 21.3. The molecule has 0 aliphatic rings. The highest BCUT2D eigenvalue weighted by atomic mass is 32.1. The van der Waals surface area contributed by atoms with Crippen molar-refractivity contribution in [3.05, 3.63) is 66.0 Å².